The molecule has 1 aliphatic heterocycles. The average molecular weight is 376 g/mol. The summed E-state index contributed by atoms with van der Waals surface area (Å²) in [6.07, 6.45) is 7.69. The minimum Gasteiger partial charge on any atom is -0.459 e. The highest BCUT2D eigenvalue weighted by molar-refractivity contribution is 5.86. The van der Waals surface area contributed by atoms with Crippen molar-refractivity contribution in [3.05, 3.63) is 109 Å². The molecule has 0 spiro atoms. The molecule has 0 N–H and O–H groups in total. The Morgan fingerprint density at radius 3 is 2.00 bits per heavy atom. The van der Waals surface area contributed by atoms with Crippen molar-refractivity contribution in [2.75, 3.05) is 13.2 Å². The standard InChI is InChI=1S/C10H10.C8H8.C7H10O3/c1-2-3-7-10-8-5-4-6-9-10;1-2-8-6-4-3-5-7-8;1-5(2)7(8)10-4-6-3-9-6/h2-9H,1H2;2-7H,1H2;6H,1,3-4H2,2H3. The van der Waals surface area contributed by atoms with Crippen LogP contribution in [-0.2, 0) is 14.3 Å². The highest BCUT2D eigenvalue weighted by Gasteiger charge is 2.24. The minimum atomic E-state index is -0.337. The van der Waals surface area contributed by atoms with Gasteiger partial charge in [-0.1, -0.05) is 105 Å². The molecule has 1 fully saturated rings. The maximum Gasteiger partial charge on any atom is 0.333 e. The van der Waals surface area contributed by atoms with Crippen molar-refractivity contribution in [1.82, 2.24) is 0 Å². The van der Waals surface area contributed by atoms with Crippen LogP contribution >= 0.6 is 0 Å². The van der Waals surface area contributed by atoms with Crippen LogP contribution in [0.1, 0.15) is 18.1 Å². The molecule has 0 radical (unpaired) electrons. The predicted molar refractivity (Wildman–Crippen MR) is 118 cm³/mol. The summed E-state index contributed by atoms with van der Waals surface area (Å²) in [5, 5.41) is 0. The Balaban J connectivity index is 0.000000212. The number of ether oxygens (including phenoxy) is 2. The molecule has 0 aromatic heterocycles. The van der Waals surface area contributed by atoms with Crippen LogP contribution in [0.5, 0.6) is 0 Å². The Hall–Kier alpha value is -3.17. The maximum absolute atomic E-state index is 10.7. The van der Waals surface area contributed by atoms with Crippen molar-refractivity contribution in [2.24, 2.45) is 0 Å². The molecular formula is C25H28O3. The van der Waals surface area contributed by atoms with Crippen LogP contribution in [-0.4, -0.2) is 25.3 Å². The SMILES string of the molecule is C=C(C)C(=O)OCC1CO1.C=CC=Cc1ccccc1.C=Cc1ccccc1. The van der Waals surface area contributed by atoms with Gasteiger partial charge in [0, 0.05) is 5.57 Å². The van der Waals surface area contributed by atoms with E-state index in [0.717, 1.165) is 0 Å². The quantitative estimate of drug-likeness (QED) is 0.280. The van der Waals surface area contributed by atoms with Crippen molar-refractivity contribution in [3.8, 4) is 0 Å². The summed E-state index contributed by atoms with van der Waals surface area (Å²) in [7, 11) is 0. The van der Waals surface area contributed by atoms with Gasteiger partial charge in [-0.3, -0.25) is 0 Å². The first-order valence-corrected chi connectivity index (χ1v) is 9.02. The number of esters is 1. The third-order valence-electron chi connectivity index (χ3n) is 3.41. The molecule has 1 unspecified atom stereocenters. The lowest BCUT2D eigenvalue weighted by molar-refractivity contribution is -0.139. The number of benzene rings is 2. The van der Waals surface area contributed by atoms with Gasteiger partial charge in [0.2, 0.25) is 0 Å². The molecule has 3 nitrogen and oxygen atoms in total. The molecule has 0 saturated carbocycles. The summed E-state index contributed by atoms with van der Waals surface area (Å²) >= 11 is 0. The summed E-state index contributed by atoms with van der Waals surface area (Å²) in [6.45, 7) is 13.4. The lowest BCUT2D eigenvalue weighted by atomic mass is 10.2. The summed E-state index contributed by atoms with van der Waals surface area (Å²) in [6, 6.07) is 20.2. The van der Waals surface area contributed by atoms with Crippen LogP contribution in [0.2, 0.25) is 0 Å². The topological polar surface area (TPSA) is 38.8 Å². The molecule has 3 heteroatoms. The highest BCUT2D eigenvalue weighted by Crippen LogP contribution is 2.09. The Bertz CT molecular complexity index is 757. The minimum absolute atomic E-state index is 0.142. The first-order chi connectivity index (χ1) is 13.6. The summed E-state index contributed by atoms with van der Waals surface area (Å²) < 4.78 is 9.60. The second-order valence-corrected chi connectivity index (χ2v) is 5.95. The third-order valence-corrected chi connectivity index (χ3v) is 3.41. The first-order valence-electron chi connectivity index (χ1n) is 9.02. The zero-order chi connectivity index (χ0) is 20.6. The lowest BCUT2D eigenvalue weighted by Gasteiger charge is -1.99. The van der Waals surface area contributed by atoms with Crippen LogP contribution < -0.4 is 0 Å². The molecule has 0 bridgehead atoms. The van der Waals surface area contributed by atoms with Gasteiger partial charge in [0.15, 0.2) is 0 Å². The van der Waals surface area contributed by atoms with Gasteiger partial charge in [-0.25, -0.2) is 4.79 Å². The molecule has 2 aromatic rings. The van der Waals surface area contributed by atoms with E-state index in [9.17, 15) is 4.79 Å². The zero-order valence-electron chi connectivity index (χ0n) is 16.4. The molecule has 2 aromatic carbocycles. The van der Waals surface area contributed by atoms with Gasteiger partial charge in [-0.15, -0.1) is 0 Å². The van der Waals surface area contributed by atoms with Gasteiger partial charge >= 0.3 is 5.97 Å². The number of carbonyl (C=O) groups is 1. The Kier molecular flexibility index (Phi) is 11.4. The highest BCUT2D eigenvalue weighted by atomic mass is 16.6. The monoisotopic (exact) mass is 376 g/mol. The van der Waals surface area contributed by atoms with Crippen LogP contribution in [0, 0.1) is 0 Å². The molecule has 1 heterocycles. The number of allylic oxidation sites excluding steroid dienone is 2. The number of rotatable bonds is 6. The zero-order valence-corrected chi connectivity index (χ0v) is 16.4. The van der Waals surface area contributed by atoms with Gasteiger partial charge in [-0.05, 0) is 18.1 Å². The second-order valence-electron chi connectivity index (χ2n) is 5.95. The van der Waals surface area contributed by atoms with Crippen molar-refractivity contribution >= 4 is 18.1 Å². The largest absolute Gasteiger partial charge is 0.459 e. The Morgan fingerprint density at radius 2 is 1.61 bits per heavy atom. The van der Waals surface area contributed by atoms with E-state index in [1.807, 2.05) is 66.8 Å². The van der Waals surface area contributed by atoms with Gasteiger partial charge in [0.05, 0.1) is 6.61 Å². The molecule has 28 heavy (non-hydrogen) atoms. The van der Waals surface area contributed by atoms with Crippen LogP contribution in [0.3, 0.4) is 0 Å². The normalized spacial score (nSPS) is 13.8. The van der Waals surface area contributed by atoms with E-state index >= 15 is 0 Å². The molecule has 1 saturated heterocycles. The molecular weight excluding hydrogens is 348 g/mol. The average Bonchev–Trinajstić information content (AvgIpc) is 3.57. The van der Waals surface area contributed by atoms with Crippen molar-refractivity contribution in [2.45, 2.75) is 13.0 Å². The van der Waals surface area contributed by atoms with E-state index in [-0.39, 0.29) is 12.1 Å². The first kappa shape index (κ1) is 22.9. The van der Waals surface area contributed by atoms with Crippen molar-refractivity contribution < 1.29 is 14.3 Å². The molecule has 0 amide bonds. The third kappa shape index (κ3) is 11.4. The molecule has 1 aliphatic rings. The van der Waals surface area contributed by atoms with Crippen LogP contribution in [0.15, 0.2) is 98.1 Å². The van der Waals surface area contributed by atoms with E-state index in [4.69, 9.17) is 9.47 Å². The number of epoxide rings is 1. The van der Waals surface area contributed by atoms with E-state index in [2.05, 4.69) is 31.9 Å². The number of hydrogen-bond donors (Lipinski definition) is 0. The summed E-state index contributed by atoms with van der Waals surface area (Å²) in [5.41, 5.74) is 2.82. The van der Waals surface area contributed by atoms with E-state index in [1.54, 1.807) is 13.0 Å². The Morgan fingerprint density at radius 1 is 1.07 bits per heavy atom. The predicted octanol–water partition coefficient (Wildman–Crippen LogP) is 5.72. The molecule has 1 atom stereocenters. The molecule has 3 rings (SSSR count). The van der Waals surface area contributed by atoms with E-state index in [1.165, 1.54) is 11.1 Å². The number of hydrogen-bond acceptors (Lipinski definition) is 3. The van der Waals surface area contributed by atoms with Gasteiger partial charge in [0.1, 0.15) is 12.7 Å². The Labute approximate surface area is 168 Å². The fraction of sp³-hybridized carbons (Fsp3) is 0.160. The van der Waals surface area contributed by atoms with Crippen LogP contribution in [0.25, 0.3) is 12.2 Å². The summed E-state index contributed by atoms with van der Waals surface area (Å²) in [4.78, 5) is 10.7. The van der Waals surface area contributed by atoms with Gasteiger partial charge < -0.3 is 9.47 Å². The number of carbonyl (C=O) groups excluding carboxylic acids is 1. The van der Waals surface area contributed by atoms with Gasteiger partial charge in [0.25, 0.3) is 0 Å². The van der Waals surface area contributed by atoms with Crippen molar-refractivity contribution in [3.63, 3.8) is 0 Å². The van der Waals surface area contributed by atoms with E-state index < -0.39 is 0 Å². The van der Waals surface area contributed by atoms with Crippen LogP contribution in [0.4, 0.5) is 0 Å². The second kappa shape index (κ2) is 14.0. The van der Waals surface area contributed by atoms with E-state index in [0.29, 0.717) is 18.8 Å². The fourth-order valence-corrected chi connectivity index (χ4v) is 1.79. The van der Waals surface area contributed by atoms with Crippen molar-refractivity contribution in [1.29, 1.82) is 0 Å². The lowest BCUT2D eigenvalue weighted by Crippen LogP contribution is -2.09. The fourth-order valence-electron chi connectivity index (χ4n) is 1.79. The smallest absolute Gasteiger partial charge is 0.333 e. The van der Waals surface area contributed by atoms with Gasteiger partial charge in [-0.2, -0.15) is 0 Å². The molecule has 146 valence electrons. The summed E-state index contributed by atoms with van der Waals surface area (Å²) in [5.74, 6) is -0.337. The maximum atomic E-state index is 10.7. The molecule has 0 aliphatic carbocycles.